The largest absolute Gasteiger partial charge is 0.475 e. The number of rotatable bonds is 2. The van der Waals surface area contributed by atoms with Gasteiger partial charge in [-0.3, -0.25) is 0 Å². The molecule has 2 rings (SSSR count). The first-order valence-corrected chi connectivity index (χ1v) is 4.58. The fourth-order valence-corrected chi connectivity index (χ4v) is 1.29. The van der Waals surface area contributed by atoms with Crippen LogP contribution in [0, 0.1) is 0 Å². The predicted molar refractivity (Wildman–Crippen MR) is 50.7 cm³/mol. The minimum Gasteiger partial charge on any atom is -0.475 e. The minimum atomic E-state index is -4.90. The molecule has 0 spiro atoms. The highest BCUT2D eigenvalue weighted by molar-refractivity contribution is 5.86. The van der Waals surface area contributed by atoms with E-state index >= 15 is 0 Å². The highest BCUT2D eigenvalue weighted by Gasteiger charge is 2.41. The minimum absolute atomic E-state index is 0.0236. The summed E-state index contributed by atoms with van der Waals surface area (Å²) in [6, 6.07) is 0. The van der Waals surface area contributed by atoms with E-state index in [2.05, 4.69) is 14.4 Å². The normalized spacial score (nSPS) is 11.8. The Morgan fingerprint density at radius 2 is 2.17 bits per heavy atom. The summed E-state index contributed by atoms with van der Waals surface area (Å²) in [4.78, 5) is 17.5. The van der Waals surface area contributed by atoms with E-state index in [0.717, 1.165) is 0 Å². The van der Waals surface area contributed by atoms with Crippen molar-refractivity contribution < 1.29 is 27.5 Å². The van der Waals surface area contributed by atoms with Crippen molar-refractivity contribution in [3.8, 4) is 11.6 Å². The van der Waals surface area contributed by atoms with Gasteiger partial charge in [0.15, 0.2) is 5.69 Å². The third-order valence-electron chi connectivity index (χ3n) is 2.01. The Hall–Kier alpha value is -2.32. The van der Waals surface area contributed by atoms with Gasteiger partial charge in [-0.15, -0.1) is 0 Å². The van der Waals surface area contributed by atoms with Crippen LogP contribution in [-0.4, -0.2) is 25.6 Å². The van der Waals surface area contributed by atoms with Gasteiger partial charge < -0.3 is 14.1 Å². The number of halogens is 3. The molecule has 0 bridgehead atoms. The number of nitrogens with zero attached hydrogens (tertiary/aromatic N) is 3. The molecule has 0 fully saturated rings. The van der Waals surface area contributed by atoms with Gasteiger partial charge in [0.2, 0.25) is 11.7 Å². The van der Waals surface area contributed by atoms with Crippen molar-refractivity contribution >= 4 is 5.97 Å². The van der Waals surface area contributed by atoms with E-state index in [-0.39, 0.29) is 5.69 Å². The summed E-state index contributed by atoms with van der Waals surface area (Å²) in [6.07, 6.45) is -2.21. The quantitative estimate of drug-likeness (QED) is 0.891. The molecule has 0 aromatic carbocycles. The second-order valence-corrected chi connectivity index (χ2v) is 3.42. The zero-order valence-electron chi connectivity index (χ0n) is 8.89. The van der Waals surface area contributed by atoms with Crippen LogP contribution in [0.1, 0.15) is 16.2 Å². The Bertz CT molecular complexity index is 600. The summed E-state index contributed by atoms with van der Waals surface area (Å²) in [6.45, 7) is 0. The molecule has 6 nitrogen and oxygen atoms in total. The van der Waals surface area contributed by atoms with Crippen molar-refractivity contribution in [2.45, 2.75) is 6.18 Å². The first kappa shape index (κ1) is 12.1. The van der Waals surface area contributed by atoms with Crippen LogP contribution in [0.3, 0.4) is 0 Å². The van der Waals surface area contributed by atoms with Crippen molar-refractivity contribution in [3.63, 3.8) is 0 Å². The maximum atomic E-state index is 12.5. The molecule has 0 saturated carbocycles. The van der Waals surface area contributed by atoms with Crippen molar-refractivity contribution in [3.05, 3.63) is 24.0 Å². The molecule has 0 atom stereocenters. The number of hydrogen-bond acceptors (Lipinski definition) is 4. The Morgan fingerprint density at radius 3 is 2.56 bits per heavy atom. The summed E-state index contributed by atoms with van der Waals surface area (Å²) in [5.74, 6) is -3.57. The van der Waals surface area contributed by atoms with Gasteiger partial charge in [-0.1, -0.05) is 0 Å². The van der Waals surface area contributed by atoms with Crippen LogP contribution in [0.5, 0.6) is 0 Å². The number of aromatic carboxylic acids is 1. The maximum Gasteiger partial charge on any atom is 0.437 e. The van der Waals surface area contributed by atoms with Crippen LogP contribution in [0.2, 0.25) is 0 Å². The molecular weight excluding hydrogens is 255 g/mol. The summed E-state index contributed by atoms with van der Waals surface area (Å²) in [7, 11) is 1.60. The number of carboxylic acids is 1. The standard InChI is InChI=1S/C9H6F3N3O3/c1-15-2-4(13-3-15)7-14-6(9(10,11)12)5(18-7)8(16)17/h2-3H,1H3,(H,16,17). The lowest BCUT2D eigenvalue weighted by molar-refractivity contribution is -0.141. The lowest BCUT2D eigenvalue weighted by Gasteiger charge is -2.00. The van der Waals surface area contributed by atoms with Crippen LogP contribution < -0.4 is 0 Å². The highest BCUT2D eigenvalue weighted by atomic mass is 19.4. The topological polar surface area (TPSA) is 81.2 Å². The number of carboxylic acid groups (broad SMARTS) is 1. The smallest absolute Gasteiger partial charge is 0.437 e. The van der Waals surface area contributed by atoms with Gasteiger partial charge in [-0.25, -0.2) is 14.8 Å². The average Bonchev–Trinajstić information content (AvgIpc) is 2.81. The monoisotopic (exact) mass is 261 g/mol. The zero-order valence-corrected chi connectivity index (χ0v) is 8.89. The van der Waals surface area contributed by atoms with E-state index in [1.54, 1.807) is 7.05 Å². The van der Waals surface area contributed by atoms with E-state index in [9.17, 15) is 18.0 Å². The second kappa shape index (κ2) is 3.86. The fourth-order valence-electron chi connectivity index (χ4n) is 1.29. The van der Waals surface area contributed by atoms with Crippen molar-refractivity contribution in [2.24, 2.45) is 7.05 Å². The van der Waals surface area contributed by atoms with E-state index in [0.29, 0.717) is 0 Å². The lowest BCUT2D eigenvalue weighted by atomic mass is 10.3. The molecule has 0 saturated heterocycles. The molecule has 1 N–H and O–H groups in total. The van der Waals surface area contributed by atoms with Crippen LogP contribution in [0.15, 0.2) is 16.9 Å². The number of imidazole rings is 1. The molecule has 9 heteroatoms. The van der Waals surface area contributed by atoms with E-state index in [4.69, 9.17) is 5.11 Å². The molecule has 0 aliphatic carbocycles. The van der Waals surface area contributed by atoms with Gasteiger partial charge in [-0.2, -0.15) is 13.2 Å². The Labute approximate surface area is 97.7 Å². The van der Waals surface area contributed by atoms with Gasteiger partial charge in [0.25, 0.3) is 0 Å². The number of carbonyl (C=O) groups is 1. The molecule has 0 aliphatic rings. The maximum absolute atomic E-state index is 12.5. The molecule has 2 aromatic rings. The van der Waals surface area contributed by atoms with Gasteiger partial charge in [0.1, 0.15) is 5.69 Å². The Kier molecular flexibility index (Phi) is 2.60. The van der Waals surface area contributed by atoms with Gasteiger partial charge in [-0.05, 0) is 0 Å². The summed E-state index contributed by atoms with van der Waals surface area (Å²) < 4.78 is 43.7. The molecule has 0 aliphatic heterocycles. The Balaban J connectivity index is 2.56. The molecular formula is C9H6F3N3O3. The lowest BCUT2D eigenvalue weighted by Crippen LogP contribution is -2.11. The molecule has 2 aromatic heterocycles. The van der Waals surface area contributed by atoms with E-state index in [1.807, 2.05) is 0 Å². The van der Waals surface area contributed by atoms with Crippen LogP contribution >= 0.6 is 0 Å². The molecule has 0 radical (unpaired) electrons. The van der Waals surface area contributed by atoms with Gasteiger partial charge >= 0.3 is 12.1 Å². The number of aromatic nitrogens is 3. The third kappa shape index (κ3) is 2.06. The summed E-state index contributed by atoms with van der Waals surface area (Å²) in [5, 5.41) is 8.64. The second-order valence-electron chi connectivity index (χ2n) is 3.42. The molecule has 18 heavy (non-hydrogen) atoms. The average molecular weight is 261 g/mol. The first-order valence-electron chi connectivity index (χ1n) is 4.58. The number of alkyl halides is 3. The molecule has 0 amide bonds. The van der Waals surface area contributed by atoms with Crippen molar-refractivity contribution in [1.82, 2.24) is 14.5 Å². The van der Waals surface area contributed by atoms with Crippen molar-refractivity contribution in [1.29, 1.82) is 0 Å². The van der Waals surface area contributed by atoms with Crippen LogP contribution in [0.25, 0.3) is 11.6 Å². The SMILES string of the molecule is Cn1cnc(-c2nc(C(F)(F)F)c(C(=O)O)o2)c1. The molecule has 96 valence electrons. The summed E-state index contributed by atoms with van der Waals surface area (Å²) in [5.41, 5.74) is -1.55. The molecule has 0 unspecified atom stereocenters. The zero-order chi connectivity index (χ0) is 13.5. The fraction of sp³-hybridized carbons (Fsp3) is 0.222. The highest BCUT2D eigenvalue weighted by Crippen LogP contribution is 2.33. The third-order valence-corrected chi connectivity index (χ3v) is 2.01. The van der Waals surface area contributed by atoms with E-state index in [1.165, 1.54) is 17.1 Å². The Morgan fingerprint density at radius 1 is 1.50 bits per heavy atom. The first-order chi connectivity index (χ1) is 8.29. The summed E-state index contributed by atoms with van der Waals surface area (Å²) >= 11 is 0. The van der Waals surface area contributed by atoms with Crippen LogP contribution in [0.4, 0.5) is 13.2 Å². The number of oxazole rings is 1. The number of hydrogen-bond donors (Lipinski definition) is 1. The van der Waals surface area contributed by atoms with E-state index < -0.39 is 29.5 Å². The predicted octanol–water partition coefficient (Wildman–Crippen LogP) is 1.79. The van der Waals surface area contributed by atoms with Gasteiger partial charge in [0.05, 0.1) is 6.33 Å². The van der Waals surface area contributed by atoms with Gasteiger partial charge in [0, 0.05) is 13.2 Å². The molecule has 2 heterocycles. The van der Waals surface area contributed by atoms with Crippen molar-refractivity contribution in [2.75, 3.05) is 0 Å². The number of aryl methyl sites for hydroxylation is 1. The van der Waals surface area contributed by atoms with Crippen LogP contribution in [-0.2, 0) is 13.2 Å².